The highest BCUT2D eigenvalue weighted by molar-refractivity contribution is 6.03. The molecule has 0 unspecified atom stereocenters. The van der Waals surface area contributed by atoms with E-state index >= 15 is 0 Å². The predicted octanol–water partition coefficient (Wildman–Crippen LogP) is 1.01. The fourth-order valence-electron chi connectivity index (χ4n) is 2.20. The number of aromatic carboxylic acids is 1. The molecule has 0 fully saturated rings. The molecule has 3 heterocycles. The summed E-state index contributed by atoms with van der Waals surface area (Å²) in [6, 6.07) is 0. The van der Waals surface area contributed by atoms with E-state index in [1.165, 1.54) is 6.20 Å². The summed E-state index contributed by atoms with van der Waals surface area (Å²) in [4.78, 5) is 15.5. The second kappa shape index (κ2) is 4.89. The average Bonchev–Trinajstić information content (AvgIpc) is 3.03. The number of nitrogens with zero attached hydrogens (tertiary/aromatic N) is 5. The summed E-state index contributed by atoms with van der Waals surface area (Å²) in [5.41, 5.74) is 2.24. The van der Waals surface area contributed by atoms with Crippen molar-refractivity contribution in [2.75, 3.05) is 5.32 Å². The van der Waals surface area contributed by atoms with E-state index in [1.807, 2.05) is 13.2 Å². The molecule has 0 radical (unpaired) electrons. The van der Waals surface area contributed by atoms with Crippen LogP contribution in [0.3, 0.4) is 0 Å². The van der Waals surface area contributed by atoms with Gasteiger partial charge in [-0.25, -0.2) is 9.78 Å². The van der Waals surface area contributed by atoms with E-state index in [0.717, 1.165) is 5.56 Å². The number of pyridine rings is 1. The number of carbonyl (C=O) groups is 1. The van der Waals surface area contributed by atoms with Crippen LogP contribution in [0.15, 0.2) is 24.8 Å². The van der Waals surface area contributed by atoms with Gasteiger partial charge in [0.2, 0.25) is 0 Å². The number of aryl methyl sites for hydroxylation is 2. The fourth-order valence-corrected chi connectivity index (χ4v) is 2.20. The first-order valence-electron chi connectivity index (χ1n) is 6.31. The number of rotatable bonds is 4. The van der Waals surface area contributed by atoms with Crippen LogP contribution in [-0.2, 0) is 20.6 Å². The predicted molar refractivity (Wildman–Crippen MR) is 76.0 cm³/mol. The minimum Gasteiger partial charge on any atom is -0.478 e. The molecule has 0 atom stereocenters. The standard InChI is InChI=1S/C13H14N6O2/c1-18-7-8(4-16-18)3-14-11-9-6-17-19(2)12(9)15-5-10(11)13(20)21/h4-7H,3H2,1-2H3,(H,14,15)(H,20,21). The Kier molecular flexibility index (Phi) is 3.05. The maximum Gasteiger partial charge on any atom is 0.339 e. The van der Waals surface area contributed by atoms with E-state index in [0.29, 0.717) is 23.3 Å². The number of hydrogen-bond donors (Lipinski definition) is 2. The molecule has 2 N–H and O–H groups in total. The second-order valence-corrected chi connectivity index (χ2v) is 4.73. The van der Waals surface area contributed by atoms with Crippen LogP contribution in [0, 0.1) is 0 Å². The summed E-state index contributed by atoms with van der Waals surface area (Å²) in [6.45, 7) is 0.474. The maximum absolute atomic E-state index is 11.4. The lowest BCUT2D eigenvalue weighted by Gasteiger charge is -2.09. The van der Waals surface area contributed by atoms with Gasteiger partial charge in [-0.15, -0.1) is 0 Å². The Morgan fingerprint density at radius 1 is 1.29 bits per heavy atom. The molecular weight excluding hydrogens is 272 g/mol. The SMILES string of the molecule is Cn1cc(CNc2c(C(=O)O)cnc3c2cnn3C)cn1. The maximum atomic E-state index is 11.4. The minimum atomic E-state index is -1.03. The molecule has 0 aliphatic carbocycles. The van der Waals surface area contributed by atoms with Crippen molar-refractivity contribution in [1.29, 1.82) is 0 Å². The normalized spacial score (nSPS) is 11.0. The molecule has 8 heteroatoms. The van der Waals surface area contributed by atoms with Crippen LogP contribution in [-0.4, -0.2) is 35.6 Å². The van der Waals surface area contributed by atoms with Crippen molar-refractivity contribution >= 4 is 22.7 Å². The molecule has 0 saturated carbocycles. The van der Waals surface area contributed by atoms with Crippen LogP contribution in [0.2, 0.25) is 0 Å². The van der Waals surface area contributed by atoms with Gasteiger partial charge in [-0.1, -0.05) is 0 Å². The van der Waals surface area contributed by atoms with Gasteiger partial charge in [0.05, 0.1) is 23.5 Å². The van der Waals surface area contributed by atoms with Crippen molar-refractivity contribution in [2.45, 2.75) is 6.54 Å². The van der Waals surface area contributed by atoms with Crippen molar-refractivity contribution in [1.82, 2.24) is 24.5 Å². The Morgan fingerprint density at radius 3 is 2.76 bits per heavy atom. The van der Waals surface area contributed by atoms with E-state index < -0.39 is 5.97 Å². The van der Waals surface area contributed by atoms with Crippen LogP contribution in [0.4, 0.5) is 5.69 Å². The molecule has 0 spiro atoms. The zero-order chi connectivity index (χ0) is 15.0. The third-order valence-electron chi connectivity index (χ3n) is 3.22. The molecule has 3 aromatic rings. The first-order valence-corrected chi connectivity index (χ1v) is 6.31. The fraction of sp³-hybridized carbons (Fsp3) is 0.231. The number of anilines is 1. The quantitative estimate of drug-likeness (QED) is 0.743. The molecule has 8 nitrogen and oxygen atoms in total. The molecule has 0 aliphatic rings. The van der Waals surface area contributed by atoms with Gasteiger partial charge in [0.1, 0.15) is 5.56 Å². The number of fused-ring (bicyclic) bond motifs is 1. The Hall–Kier alpha value is -2.90. The van der Waals surface area contributed by atoms with Crippen LogP contribution < -0.4 is 5.32 Å². The monoisotopic (exact) mass is 286 g/mol. The van der Waals surface area contributed by atoms with Crippen LogP contribution in [0.25, 0.3) is 11.0 Å². The molecule has 0 amide bonds. The summed E-state index contributed by atoms with van der Waals surface area (Å²) < 4.78 is 3.30. The van der Waals surface area contributed by atoms with Crippen molar-refractivity contribution in [3.8, 4) is 0 Å². The zero-order valence-electron chi connectivity index (χ0n) is 11.6. The van der Waals surface area contributed by atoms with E-state index in [1.54, 1.807) is 28.8 Å². The van der Waals surface area contributed by atoms with E-state index in [-0.39, 0.29) is 5.56 Å². The van der Waals surface area contributed by atoms with Gasteiger partial charge in [0, 0.05) is 38.6 Å². The molecule has 21 heavy (non-hydrogen) atoms. The number of carboxylic acid groups (broad SMARTS) is 1. The number of nitrogens with one attached hydrogen (secondary N) is 1. The number of aromatic nitrogens is 5. The minimum absolute atomic E-state index is 0.124. The Bertz CT molecular complexity index is 819. The van der Waals surface area contributed by atoms with Gasteiger partial charge in [-0.05, 0) is 0 Å². The van der Waals surface area contributed by atoms with Gasteiger partial charge in [0.25, 0.3) is 0 Å². The third kappa shape index (κ3) is 2.31. The van der Waals surface area contributed by atoms with Crippen molar-refractivity contribution in [3.63, 3.8) is 0 Å². The molecular formula is C13H14N6O2. The first-order chi connectivity index (χ1) is 10.1. The molecule has 0 saturated heterocycles. The molecule has 0 aromatic carbocycles. The topological polar surface area (TPSA) is 97.9 Å². The van der Waals surface area contributed by atoms with Crippen molar-refractivity contribution in [3.05, 3.63) is 35.9 Å². The van der Waals surface area contributed by atoms with Gasteiger partial charge in [-0.3, -0.25) is 9.36 Å². The number of hydrogen-bond acceptors (Lipinski definition) is 5. The van der Waals surface area contributed by atoms with Crippen LogP contribution in [0.5, 0.6) is 0 Å². The highest BCUT2D eigenvalue weighted by Gasteiger charge is 2.16. The van der Waals surface area contributed by atoms with Gasteiger partial charge in [-0.2, -0.15) is 10.2 Å². The molecule has 3 rings (SSSR count). The van der Waals surface area contributed by atoms with Gasteiger partial charge >= 0.3 is 5.97 Å². The van der Waals surface area contributed by atoms with Gasteiger partial charge in [0.15, 0.2) is 5.65 Å². The van der Waals surface area contributed by atoms with E-state index in [4.69, 9.17) is 0 Å². The summed E-state index contributed by atoms with van der Waals surface area (Å²) in [7, 11) is 3.60. The smallest absolute Gasteiger partial charge is 0.339 e. The average molecular weight is 286 g/mol. The summed E-state index contributed by atoms with van der Waals surface area (Å²) in [6.07, 6.45) is 6.56. The van der Waals surface area contributed by atoms with Gasteiger partial charge < -0.3 is 10.4 Å². The van der Waals surface area contributed by atoms with Crippen molar-refractivity contribution in [2.24, 2.45) is 14.1 Å². The lowest BCUT2D eigenvalue weighted by atomic mass is 10.1. The van der Waals surface area contributed by atoms with Crippen molar-refractivity contribution < 1.29 is 9.90 Å². The van der Waals surface area contributed by atoms with Crippen LogP contribution in [0.1, 0.15) is 15.9 Å². The molecule has 108 valence electrons. The van der Waals surface area contributed by atoms with E-state index in [9.17, 15) is 9.90 Å². The lowest BCUT2D eigenvalue weighted by Crippen LogP contribution is -2.08. The Morgan fingerprint density at radius 2 is 2.10 bits per heavy atom. The van der Waals surface area contributed by atoms with Crippen LogP contribution >= 0.6 is 0 Å². The summed E-state index contributed by atoms with van der Waals surface area (Å²) in [5.74, 6) is -1.03. The number of carboxylic acids is 1. The first kappa shape index (κ1) is 13.1. The second-order valence-electron chi connectivity index (χ2n) is 4.73. The third-order valence-corrected chi connectivity index (χ3v) is 3.22. The lowest BCUT2D eigenvalue weighted by molar-refractivity contribution is 0.0697. The van der Waals surface area contributed by atoms with E-state index in [2.05, 4.69) is 20.5 Å². The molecule has 3 aromatic heterocycles. The zero-order valence-corrected chi connectivity index (χ0v) is 11.6. The largest absolute Gasteiger partial charge is 0.478 e. The molecule has 0 aliphatic heterocycles. The summed E-state index contributed by atoms with van der Waals surface area (Å²) >= 11 is 0. The highest BCUT2D eigenvalue weighted by atomic mass is 16.4. The molecule has 0 bridgehead atoms. The highest BCUT2D eigenvalue weighted by Crippen LogP contribution is 2.26. The Labute approximate surface area is 120 Å². The Balaban J connectivity index is 2.01. The summed E-state index contributed by atoms with van der Waals surface area (Å²) in [5, 5.41) is 21.3.